The van der Waals surface area contributed by atoms with Gasteiger partial charge in [-0.15, -0.1) is 0 Å². The quantitative estimate of drug-likeness (QED) is 0.680. The van der Waals surface area contributed by atoms with Gasteiger partial charge in [0.25, 0.3) is 0 Å². The number of nitrogen functional groups attached to an aromatic ring is 1. The van der Waals surface area contributed by atoms with Crippen molar-refractivity contribution in [2.45, 2.75) is 9.79 Å². The highest BCUT2D eigenvalue weighted by atomic mass is 79.9. The van der Waals surface area contributed by atoms with Crippen LogP contribution in [-0.4, -0.2) is 13.1 Å². The van der Waals surface area contributed by atoms with E-state index in [0.717, 1.165) is 14.3 Å². The van der Waals surface area contributed by atoms with Gasteiger partial charge in [-0.05, 0) is 42.5 Å². The average Bonchev–Trinajstić information content (AvgIpc) is 2.43. The molecular formula is C14H12BrNO2S. The Bertz CT molecular complexity index is 599. The van der Waals surface area contributed by atoms with Crippen LogP contribution in [0, 0.1) is 0 Å². The molecule has 0 heterocycles. The van der Waals surface area contributed by atoms with E-state index in [1.54, 1.807) is 18.2 Å². The summed E-state index contributed by atoms with van der Waals surface area (Å²) in [4.78, 5) is 13.4. The zero-order valence-corrected chi connectivity index (χ0v) is 12.6. The van der Waals surface area contributed by atoms with E-state index >= 15 is 0 Å². The summed E-state index contributed by atoms with van der Waals surface area (Å²) in [7, 11) is 1.36. The zero-order valence-electron chi connectivity index (χ0n) is 10.2. The Morgan fingerprint density at radius 1 is 1.21 bits per heavy atom. The fourth-order valence-corrected chi connectivity index (χ4v) is 2.66. The van der Waals surface area contributed by atoms with Gasteiger partial charge in [-0.2, -0.15) is 0 Å². The highest BCUT2D eigenvalue weighted by Gasteiger charge is 2.09. The van der Waals surface area contributed by atoms with Crippen LogP contribution in [0.3, 0.4) is 0 Å². The average molecular weight is 338 g/mol. The molecule has 0 saturated carbocycles. The summed E-state index contributed by atoms with van der Waals surface area (Å²) >= 11 is 4.90. The molecule has 0 spiro atoms. The molecule has 0 amide bonds. The second-order valence-electron chi connectivity index (χ2n) is 3.80. The Morgan fingerprint density at radius 3 is 2.53 bits per heavy atom. The van der Waals surface area contributed by atoms with Crippen LogP contribution in [0.1, 0.15) is 10.4 Å². The third-order valence-electron chi connectivity index (χ3n) is 2.48. The van der Waals surface area contributed by atoms with Gasteiger partial charge in [0.05, 0.1) is 12.7 Å². The Balaban J connectivity index is 2.28. The van der Waals surface area contributed by atoms with Gasteiger partial charge in [0, 0.05) is 20.0 Å². The fraction of sp³-hybridized carbons (Fsp3) is 0.0714. The number of halogens is 1. The van der Waals surface area contributed by atoms with E-state index in [9.17, 15) is 4.79 Å². The summed E-state index contributed by atoms with van der Waals surface area (Å²) in [6, 6.07) is 13.0. The summed E-state index contributed by atoms with van der Waals surface area (Å²) in [6.07, 6.45) is 0. The summed E-state index contributed by atoms with van der Waals surface area (Å²) < 4.78 is 5.72. The van der Waals surface area contributed by atoms with Gasteiger partial charge in [0.1, 0.15) is 0 Å². The zero-order chi connectivity index (χ0) is 13.8. The standard InChI is InChI=1S/C14H12BrNO2S/c1-18-14(17)9-2-7-12(16)13(8-9)19-11-5-3-10(15)4-6-11/h2-8H,16H2,1H3. The van der Waals surface area contributed by atoms with E-state index in [0.29, 0.717) is 11.3 Å². The van der Waals surface area contributed by atoms with Gasteiger partial charge in [0.2, 0.25) is 0 Å². The molecule has 0 unspecified atom stereocenters. The molecule has 98 valence electrons. The molecule has 0 bridgehead atoms. The molecular weight excluding hydrogens is 326 g/mol. The maximum Gasteiger partial charge on any atom is 0.337 e. The highest BCUT2D eigenvalue weighted by Crippen LogP contribution is 2.33. The Morgan fingerprint density at radius 2 is 1.89 bits per heavy atom. The van der Waals surface area contributed by atoms with Gasteiger partial charge >= 0.3 is 5.97 Å². The van der Waals surface area contributed by atoms with E-state index in [4.69, 9.17) is 10.5 Å². The number of hydrogen-bond donors (Lipinski definition) is 1. The van der Waals surface area contributed by atoms with Crippen LogP contribution >= 0.6 is 27.7 Å². The van der Waals surface area contributed by atoms with Crippen LogP contribution in [0.15, 0.2) is 56.7 Å². The molecule has 2 N–H and O–H groups in total. The van der Waals surface area contributed by atoms with Crippen molar-refractivity contribution in [3.63, 3.8) is 0 Å². The van der Waals surface area contributed by atoms with E-state index in [1.807, 2.05) is 24.3 Å². The largest absolute Gasteiger partial charge is 0.465 e. The molecule has 2 rings (SSSR count). The predicted molar refractivity (Wildman–Crippen MR) is 80.5 cm³/mol. The van der Waals surface area contributed by atoms with Crippen molar-refractivity contribution in [1.29, 1.82) is 0 Å². The van der Waals surface area contributed by atoms with Gasteiger partial charge < -0.3 is 10.5 Å². The maximum absolute atomic E-state index is 11.5. The molecule has 0 saturated heterocycles. The first kappa shape index (κ1) is 14.0. The number of ether oxygens (including phenoxy) is 1. The van der Waals surface area contributed by atoms with Crippen molar-refractivity contribution < 1.29 is 9.53 Å². The van der Waals surface area contributed by atoms with Crippen LogP contribution in [0.2, 0.25) is 0 Å². The molecule has 0 aliphatic carbocycles. The third kappa shape index (κ3) is 3.52. The number of benzene rings is 2. The Labute approximate surface area is 124 Å². The number of carbonyl (C=O) groups excluding carboxylic acids is 1. The van der Waals surface area contributed by atoms with Crippen molar-refractivity contribution >= 4 is 39.3 Å². The van der Waals surface area contributed by atoms with Crippen molar-refractivity contribution in [1.82, 2.24) is 0 Å². The third-order valence-corrected chi connectivity index (χ3v) is 4.09. The second kappa shape index (κ2) is 6.12. The van der Waals surface area contributed by atoms with Crippen molar-refractivity contribution in [3.8, 4) is 0 Å². The number of esters is 1. The molecule has 3 nitrogen and oxygen atoms in total. The van der Waals surface area contributed by atoms with Crippen molar-refractivity contribution in [2.75, 3.05) is 12.8 Å². The van der Waals surface area contributed by atoms with E-state index in [1.165, 1.54) is 18.9 Å². The van der Waals surface area contributed by atoms with Crippen molar-refractivity contribution in [2.24, 2.45) is 0 Å². The number of hydrogen-bond acceptors (Lipinski definition) is 4. The van der Waals surface area contributed by atoms with Crippen LogP contribution in [0.25, 0.3) is 0 Å². The summed E-state index contributed by atoms with van der Waals surface area (Å²) in [5.41, 5.74) is 7.06. The molecule has 2 aromatic rings. The lowest BCUT2D eigenvalue weighted by atomic mass is 10.2. The van der Waals surface area contributed by atoms with Crippen LogP contribution in [0.4, 0.5) is 5.69 Å². The first-order chi connectivity index (χ1) is 9.10. The fourth-order valence-electron chi connectivity index (χ4n) is 1.50. The van der Waals surface area contributed by atoms with Gasteiger partial charge in [-0.25, -0.2) is 4.79 Å². The summed E-state index contributed by atoms with van der Waals surface area (Å²) in [5, 5.41) is 0. The number of methoxy groups -OCH3 is 1. The second-order valence-corrected chi connectivity index (χ2v) is 5.83. The van der Waals surface area contributed by atoms with Gasteiger partial charge in [-0.3, -0.25) is 0 Å². The minimum absolute atomic E-state index is 0.363. The van der Waals surface area contributed by atoms with E-state index < -0.39 is 0 Å². The van der Waals surface area contributed by atoms with Crippen LogP contribution < -0.4 is 5.73 Å². The smallest absolute Gasteiger partial charge is 0.337 e. The number of anilines is 1. The Kier molecular flexibility index (Phi) is 4.50. The summed E-state index contributed by atoms with van der Waals surface area (Å²) in [5.74, 6) is -0.363. The summed E-state index contributed by atoms with van der Waals surface area (Å²) in [6.45, 7) is 0. The lowest BCUT2D eigenvalue weighted by Crippen LogP contribution is -2.02. The Hall–Kier alpha value is -1.46. The SMILES string of the molecule is COC(=O)c1ccc(N)c(Sc2ccc(Br)cc2)c1. The number of carbonyl (C=O) groups is 1. The molecule has 0 atom stereocenters. The lowest BCUT2D eigenvalue weighted by Gasteiger charge is -2.07. The van der Waals surface area contributed by atoms with E-state index in [-0.39, 0.29) is 5.97 Å². The monoisotopic (exact) mass is 337 g/mol. The van der Waals surface area contributed by atoms with Gasteiger partial charge in [0.15, 0.2) is 0 Å². The predicted octanol–water partition coefficient (Wildman–Crippen LogP) is 3.97. The molecule has 0 aliphatic rings. The molecule has 19 heavy (non-hydrogen) atoms. The lowest BCUT2D eigenvalue weighted by molar-refractivity contribution is 0.0600. The molecule has 0 aliphatic heterocycles. The topological polar surface area (TPSA) is 52.3 Å². The van der Waals surface area contributed by atoms with Gasteiger partial charge in [-0.1, -0.05) is 27.7 Å². The maximum atomic E-state index is 11.5. The van der Waals surface area contributed by atoms with Crippen LogP contribution in [-0.2, 0) is 4.74 Å². The molecule has 2 aromatic carbocycles. The molecule has 5 heteroatoms. The normalized spacial score (nSPS) is 10.2. The molecule has 0 fully saturated rings. The minimum Gasteiger partial charge on any atom is -0.465 e. The number of rotatable bonds is 3. The molecule has 0 radical (unpaired) electrons. The van der Waals surface area contributed by atoms with E-state index in [2.05, 4.69) is 15.9 Å². The minimum atomic E-state index is -0.363. The van der Waals surface area contributed by atoms with Crippen LogP contribution in [0.5, 0.6) is 0 Å². The first-order valence-corrected chi connectivity index (χ1v) is 7.12. The van der Waals surface area contributed by atoms with Crippen molar-refractivity contribution in [3.05, 3.63) is 52.5 Å². The molecule has 0 aromatic heterocycles. The first-order valence-electron chi connectivity index (χ1n) is 5.51. The highest BCUT2D eigenvalue weighted by molar-refractivity contribution is 9.10. The number of nitrogens with two attached hydrogens (primary N) is 1.